The van der Waals surface area contributed by atoms with Crippen LogP contribution in [0.15, 0.2) is 30.3 Å². The summed E-state index contributed by atoms with van der Waals surface area (Å²) in [6.45, 7) is 3.44. The molecule has 3 saturated heterocycles. The first kappa shape index (κ1) is 20.8. The molecule has 3 heterocycles. The van der Waals surface area contributed by atoms with Crippen LogP contribution in [-0.4, -0.2) is 47.7 Å². The molecule has 0 bridgehead atoms. The third-order valence-corrected chi connectivity index (χ3v) is 6.56. The van der Waals surface area contributed by atoms with Crippen molar-refractivity contribution in [3.05, 3.63) is 35.9 Å². The van der Waals surface area contributed by atoms with E-state index in [-0.39, 0.29) is 30.4 Å². The predicted molar refractivity (Wildman–Crippen MR) is 112 cm³/mol. The van der Waals surface area contributed by atoms with E-state index in [1.54, 1.807) is 0 Å². The highest BCUT2D eigenvalue weighted by Gasteiger charge is 2.49. The average Bonchev–Trinajstić information content (AvgIpc) is 2.77. The van der Waals surface area contributed by atoms with E-state index in [0.717, 1.165) is 31.4 Å². The number of amides is 3. The third kappa shape index (κ3) is 4.34. The molecular weight excluding hydrogens is 382 g/mol. The Morgan fingerprint density at radius 2 is 1.97 bits per heavy atom. The monoisotopic (exact) mass is 413 g/mol. The number of carbonyl (C=O) groups is 3. The Bertz CT molecular complexity index is 786. The average molecular weight is 414 g/mol. The molecule has 30 heavy (non-hydrogen) atoms. The van der Waals surface area contributed by atoms with Crippen LogP contribution in [0.3, 0.4) is 0 Å². The van der Waals surface area contributed by atoms with Crippen LogP contribution in [0.25, 0.3) is 0 Å². The lowest BCUT2D eigenvalue weighted by atomic mass is 9.81. The SMILES string of the molecule is CCC1CCCCN1C1NC(=O)C2C(NC(=O)CC2C(=O)NCc2ccccc2)N1. The number of nitrogens with zero attached hydrogens (tertiary/aromatic N) is 1. The topological polar surface area (TPSA) is 103 Å². The summed E-state index contributed by atoms with van der Waals surface area (Å²) in [4.78, 5) is 40.6. The van der Waals surface area contributed by atoms with Gasteiger partial charge < -0.3 is 16.0 Å². The first-order chi connectivity index (χ1) is 14.6. The van der Waals surface area contributed by atoms with Crippen molar-refractivity contribution in [3.8, 4) is 0 Å². The number of fused-ring (bicyclic) bond motifs is 1. The van der Waals surface area contributed by atoms with Gasteiger partial charge in [0.2, 0.25) is 17.7 Å². The molecule has 8 nitrogen and oxygen atoms in total. The molecule has 0 saturated carbocycles. The molecule has 0 aliphatic carbocycles. The molecule has 0 spiro atoms. The molecule has 3 amide bonds. The van der Waals surface area contributed by atoms with Crippen LogP contribution in [0.5, 0.6) is 0 Å². The van der Waals surface area contributed by atoms with Gasteiger partial charge in [-0.1, -0.05) is 43.7 Å². The van der Waals surface area contributed by atoms with E-state index in [9.17, 15) is 14.4 Å². The zero-order valence-corrected chi connectivity index (χ0v) is 17.4. The lowest BCUT2D eigenvalue weighted by Gasteiger charge is -2.49. The molecule has 3 aliphatic heterocycles. The summed E-state index contributed by atoms with van der Waals surface area (Å²) in [7, 11) is 0. The second kappa shape index (κ2) is 9.14. The van der Waals surface area contributed by atoms with Gasteiger partial charge in [0.05, 0.1) is 18.0 Å². The molecule has 3 aliphatic rings. The minimum absolute atomic E-state index is 0.0167. The van der Waals surface area contributed by atoms with Crippen molar-refractivity contribution in [2.24, 2.45) is 11.8 Å². The molecule has 8 heteroatoms. The first-order valence-electron chi connectivity index (χ1n) is 11.0. The van der Waals surface area contributed by atoms with Crippen molar-refractivity contribution in [2.45, 2.75) is 64.1 Å². The highest BCUT2D eigenvalue weighted by molar-refractivity contribution is 5.94. The van der Waals surface area contributed by atoms with Gasteiger partial charge in [0, 0.05) is 25.6 Å². The molecule has 5 unspecified atom stereocenters. The van der Waals surface area contributed by atoms with E-state index >= 15 is 0 Å². The molecule has 3 fully saturated rings. The van der Waals surface area contributed by atoms with Gasteiger partial charge in [-0.3, -0.25) is 24.6 Å². The Kier molecular flexibility index (Phi) is 6.34. The third-order valence-electron chi connectivity index (χ3n) is 6.56. The van der Waals surface area contributed by atoms with Crippen LogP contribution < -0.4 is 21.3 Å². The van der Waals surface area contributed by atoms with Crippen molar-refractivity contribution in [3.63, 3.8) is 0 Å². The van der Waals surface area contributed by atoms with Gasteiger partial charge in [-0.25, -0.2) is 0 Å². The van der Waals surface area contributed by atoms with Gasteiger partial charge >= 0.3 is 0 Å². The van der Waals surface area contributed by atoms with Crippen LogP contribution in [0, 0.1) is 11.8 Å². The Hall–Kier alpha value is -2.45. The van der Waals surface area contributed by atoms with Crippen LogP contribution in [0.2, 0.25) is 0 Å². The van der Waals surface area contributed by atoms with E-state index in [4.69, 9.17) is 0 Å². The highest BCUT2D eigenvalue weighted by atomic mass is 16.2. The van der Waals surface area contributed by atoms with Crippen molar-refractivity contribution < 1.29 is 14.4 Å². The maximum absolute atomic E-state index is 13.1. The number of hydrogen-bond acceptors (Lipinski definition) is 5. The second-order valence-electron chi connectivity index (χ2n) is 8.46. The van der Waals surface area contributed by atoms with Gasteiger partial charge in [0.15, 0.2) is 0 Å². The van der Waals surface area contributed by atoms with Gasteiger partial charge in [0.1, 0.15) is 6.29 Å². The summed E-state index contributed by atoms with van der Waals surface area (Å²) in [5, 5.41) is 12.2. The van der Waals surface area contributed by atoms with Crippen molar-refractivity contribution in [2.75, 3.05) is 6.54 Å². The van der Waals surface area contributed by atoms with Crippen LogP contribution in [-0.2, 0) is 20.9 Å². The smallest absolute Gasteiger partial charge is 0.229 e. The summed E-state index contributed by atoms with van der Waals surface area (Å²) in [6, 6.07) is 10.00. The summed E-state index contributed by atoms with van der Waals surface area (Å²) in [6.07, 6.45) is 3.56. The van der Waals surface area contributed by atoms with E-state index in [1.165, 1.54) is 6.42 Å². The molecule has 162 valence electrons. The number of carbonyl (C=O) groups excluding carboxylic acids is 3. The molecule has 0 aromatic heterocycles. The van der Waals surface area contributed by atoms with Gasteiger partial charge in [0.25, 0.3) is 0 Å². The predicted octanol–water partition coefficient (Wildman–Crippen LogP) is 0.649. The fraction of sp³-hybridized carbons (Fsp3) is 0.591. The zero-order valence-electron chi connectivity index (χ0n) is 17.4. The van der Waals surface area contributed by atoms with Gasteiger partial charge in [-0.15, -0.1) is 0 Å². The summed E-state index contributed by atoms with van der Waals surface area (Å²) in [5.74, 6) is -1.96. The molecule has 0 radical (unpaired) electrons. The standard InChI is InChI=1S/C22H31N5O3/c1-2-15-10-6-7-11-27(15)22-25-19-18(21(30)26-22)16(12-17(28)24-19)20(29)23-13-14-8-4-3-5-9-14/h3-5,8-9,15-16,18-19,22,25H,2,6-7,10-13H2,1H3,(H,23,29)(H,24,28)(H,26,30). The van der Waals surface area contributed by atoms with Crippen molar-refractivity contribution in [1.82, 2.24) is 26.2 Å². The second-order valence-corrected chi connectivity index (χ2v) is 8.46. The van der Waals surface area contributed by atoms with Gasteiger partial charge in [-0.05, 0) is 24.8 Å². The quantitative estimate of drug-likeness (QED) is 0.568. The molecular formula is C22H31N5O3. The van der Waals surface area contributed by atoms with Crippen LogP contribution in [0.4, 0.5) is 0 Å². The Labute approximate surface area is 177 Å². The number of likely N-dealkylation sites (tertiary alicyclic amines) is 1. The number of nitrogens with one attached hydrogen (secondary N) is 4. The first-order valence-corrected chi connectivity index (χ1v) is 11.0. The number of rotatable bonds is 5. The summed E-state index contributed by atoms with van der Waals surface area (Å²) in [5.41, 5.74) is 0.977. The lowest BCUT2D eigenvalue weighted by molar-refractivity contribution is -0.150. The van der Waals surface area contributed by atoms with Crippen LogP contribution in [0.1, 0.15) is 44.6 Å². The minimum Gasteiger partial charge on any atom is -0.352 e. The normalized spacial score (nSPS) is 32.0. The molecule has 1 aromatic carbocycles. The van der Waals surface area contributed by atoms with Crippen LogP contribution >= 0.6 is 0 Å². The van der Waals surface area contributed by atoms with Crippen molar-refractivity contribution in [1.29, 1.82) is 0 Å². The Morgan fingerprint density at radius 1 is 1.17 bits per heavy atom. The molecule has 4 rings (SSSR count). The van der Waals surface area contributed by atoms with Gasteiger partial charge in [-0.2, -0.15) is 0 Å². The summed E-state index contributed by atoms with van der Waals surface area (Å²) >= 11 is 0. The lowest BCUT2D eigenvalue weighted by Crippen LogP contribution is -2.75. The number of hydrogen-bond donors (Lipinski definition) is 4. The van der Waals surface area contributed by atoms with E-state index < -0.39 is 18.0 Å². The maximum atomic E-state index is 13.1. The molecule has 4 N–H and O–H groups in total. The molecule has 1 aromatic rings. The number of piperidine rings is 2. The molecule has 5 atom stereocenters. The number of benzene rings is 1. The van der Waals surface area contributed by atoms with Crippen molar-refractivity contribution >= 4 is 17.7 Å². The van der Waals surface area contributed by atoms with E-state index in [1.807, 2.05) is 30.3 Å². The summed E-state index contributed by atoms with van der Waals surface area (Å²) < 4.78 is 0. The Balaban J connectivity index is 1.45. The highest BCUT2D eigenvalue weighted by Crippen LogP contribution is 2.29. The fourth-order valence-electron chi connectivity index (χ4n) is 4.96. The van der Waals surface area contributed by atoms with E-state index in [2.05, 4.69) is 33.1 Å². The van der Waals surface area contributed by atoms with E-state index in [0.29, 0.717) is 12.6 Å². The minimum atomic E-state index is -0.691. The fourth-order valence-corrected chi connectivity index (χ4v) is 4.96. The Morgan fingerprint density at radius 3 is 2.73 bits per heavy atom. The zero-order chi connectivity index (χ0) is 21.1. The largest absolute Gasteiger partial charge is 0.352 e. The maximum Gasteiger partial charge on any atom is 0.229 e.